The molecule has 0 saturated carbocycles. The Morgan fingerprint density at radius 3 is 1.75 bits per heavy atom. The molecule has 2 heteroatoms. The number of piperidine rings is 1. The van der Waals surface area contributed by atoms with Gasteiger partial charge in [-0.05, 0) is 52.7 Å². The van der Waals surface area contributed by atoms with Crippen LogP contribution in [-0.2, 0) is 0 Å². The fourth-order valence-electron chi connectivity index (χ4n) is 1.82. The zero-order valence-corrected chi connectivity index (χ0v) is 12.3. The first-order valence-electron chi connectivity index (χ1n) is 6.66. The van der Waals surface area contributed by atoms with Crippen LogP contribution in [0.25, 0.3) is 0 Å². The summed E-state index contributed by atoms with van der Waals surface area (Å²) >= 11 is 0. The summed E-state index contributed by atoms with van der Waals surface area (Å²) in [5.41, 5.74) is -0.124. The first-order chi connectivity index (χ1) is 7.56. The van der Waals surface area contributed by atoms with Gasteiger partial charge in [0.2, 0.25) is 0 Å². The Kier molecular flexibility index (Phi) is 10.8. The summed E-state index contributed by atoms with van der Waals surface area (Å²) in [7, 11) is 2.15. The first-order valence-corrected chi connectivity index (χ1v) is 6.66. The number of rotatable bonds is 1. The highest BCUT2D eigenvalue weighted by molar-refractivity contribution is 4.98. The van der Waals surface area contributed by atoms with Gasteiger partial charge in [-0.3, -0.25) is 0 Å². The Morgan fingerprint density at radius 2 is 1.44 bits per heavy atom. The summed E-state index contributed by atoms with van der Waals surface area (Å²) in [4.78, 5) is 2.34. The van der Waals surface area contributed by atoms with Crippen molar-refractivity contribution < 1.29 is 0 Å². The minimum atomic E-state index is -0.124. The number of hydrogen-bond acceptors (Lipinski definition) is 2. The van der Waals surface area contributed by atoms with Crippen molar-refractivity contribution in [1.82, 2.24) is 4.90 Å². The molecule has 0 aromatic rings. The zero-order valence-electron chi connectivity index (χ0n) is 12.3. The molecule has 0 amide bonds. The Hall–Kier alpha value is -0.550. The van der Waals surface area contributed by atoms with E-state index in [1.165, 1.54) is 12.8 Å². The Morgan fingerprint density at radius 1 is 1.06 bits per heavy atom. The van der Waals surface area contributed by atoms with Gasteiger partial charge in [-0.25, -0.2) is 0 Å². The second-order valence-electron chi connectivity index (χ2n) is 4.41. The van der Waals surface area contributed by atoms with Crippen molar-refractivity contribution in [2.24, 2.45) is 11.3 Å². The van der Waals surface area contributed by atoms with Crippen LogP contribution in [0.4, 0.5) is 0 Å². The molecular weight excluding hydrogens is 196 g/mol. The predicted octanol–water partition coefficient (Wildman–Crippen LogP) is 3.93. The third-order valence-electron chi connectivity index (χ3n) is 3.03. The van der Waals surface area contributed by atoms with Crippen molar-refractivity contribution in [2.75, 3.05) is 20.1 Å². The van der Waals surface area contributed by atoms with Crippen molar-refractivity contribution >= 4 is 0 Å². The highest BCUT2D eigenvalue weighted by atomic mass is 15.1. The average Bonchev–Trinajstić information content (AvgIpc) is 2.35. The molecule has 1 saturated heterocycles. The lowest BCUT2D eigenvalue weighted by Crippen LogP contribution is -2.36. The summed E-state index contributed by atoms with van der Waals surface area (Å²) in [6.45, 7) is 14.4. The van der Waals surface area contributed by atoms with Crippen LogP contribution in [0.2, 0.25) is 0 Å². The molecule has 1 rings (SSSR count). The van der Waals surface area contributed by atoms with Crippen LogP contribution in [-0.4, -0.2) is 25.0 Å². The van der Waals surface area contributed by atoms with Crippen molar-refractivity contribution in [1.29, 1.82) is 5.26 Å². The summed E-state index contributed by atoms with van der Waals surface area (Å²) < 4.78 is 0. The van der Waals surface area contributed by atoms with Gasteiger partial charge in [0.15, 0.2) is 0 Å². The van der Waals surface area contributed by atoms with Crippen LogP contribution in [0.5, 0.6) is 0 Å². The number of nitrogens with zero attached hydrogens (tertiary/aromatic N) is 2. The zero-order chi connectivity index (χ0) is 13.2. The highest BCUT2D eigenvalue weighted by Crippen LogP contribution is 2.33. The van der Waals surface area contributed by atoms with E-state index in [-0.39, 0.29) is 5.41 Å². The SMILES string of the molecule is CC.CC.CN1CCC(C(C)(C)C#N)CC1. The van der Waals surface area contributed by atoms with Gasteiger partial charge >= 0.3 is 0 Å². The van der Waals surface area contributed by atoms with E-state index in [1.54, 1.807) is 0 Å². The van der Waals surface area contributed by atoms with Crippen LogP contribution in [0.15, 0.2) is 0 Å². The largest absolute Gasteiger partial charge is 0.306 e. The molecule has 1 fully saturated rings. The lowest BCUT2D eigenvalue weighted by atomic mass is 9.75. The smallest absolute Gasteiger partial charge is 0.0686 e. The van der Waals surface area contributed by atoms with Gasteiger partial charge < -0.3 is 4.90 Å². The van der Waals surface area contributed by atoms with Crippen molar-refractivity contribution in [3.63, 3.8) is 0 Å². The molecule has 96 valence electrons. The molecule has 1 aliphatic rings. The summed E-state index contributed by atoms with van der Waals surface area (Å²) in [5, 5.41) is 8.95. The van der Waals surface area contributed by atoms with E-state index in [9.17, 15) is 0 Å². The Bertz CT molecular complexity index is 183. The van der Waals surface area contributed by atoms with Crippen LogP contribution < -0.4 is 0 Å². The monoisotopic (exact) mass is 226 g/mol. The van der Waals surface area contributed by atoms with Gasteiger partial charge in [0.05, 0.1) is 11.5 Å². The van der Waals surface area contributed by atoms with E-state index in [0.29, 0.717) is 5.92 Å². The van der Waals surface area contributed by atoms with Gasteiger partial charge in [0.1, 0.15) is 0 Å². The quantitative estimate of drug-likeness (QED) is 0.677. The molecule has 0 atom stereocenters. The van der Waals surface area contributed by atoms with Gasteiger partial charge in [-0.15, -0.1) is 0 Å². The number of hydrogen-bond donors (Lipinski definition) is 0. The molecule has 0 N–H and O–H groups in total. The number of nitriles is 1. The number of likely N-dealkylation sites (tertiary alicyclic amines) is 1. The summed E-state index contributed by atoms with van der Waals surface area (Å²) in [6.07, 6.45) is 2.36. The highest BCUT2D eigenvalue weighted by Gasteiger charge is 2.31. The molecule has 0 radical (unpaired) electrons. The molecular formula is C14H30N2. The third kappa shape index (κ3) is 6.12. The molecule has 0 bridgehead atoms. The van der Waals surface area contributed by atoms with Crippen molar-refractivity contribution in [3.05, 3.63) is 0 Å². The summed E-state index contributed by atoms with van der Waals surface area (Å²) in [5.74, 6) is 0.596. The first kappa shape index (κ1) is 17.8. The maximum atomic E-state index is 8.95. The molecule has 0 spiro atoms. The van der Waals surface area contributed by atoms with E-state index in [2.05, 4.69) is 31.9 Å². The molecule has 0 aromatic heterocycles. The maximum absolute atomic E-state index is 8.95. The lowest BCUT2D eigenvalue weighted by Gasteiger charge is -2.35. The molecule has 2 nitrogen and oxygen atoms in total. The van der Waals surface area contributed by atoms with Crippen LogP contribution in [0.3, 0.4) is 0 Å². The molecule has 0 aromatic carbocycles. The van der Waals surface area contributed by atoms with Crippen LogP contribution in [0, 0.1) is 22.7 Å². The second kappa shape index (κ2) is 9.66. The van der Waals surface area contributed by atoms with E-state index >= 15 is 0 Å². The summed E-state index contributed by atoms with van der Waals surface area (Å²) in [6, 6.07) is 2.41. The normalized spacial score (nSPS) is 17.4. The molecule has 16 heavy (non-hydrogen) atoms. The van der Waals surface area contributed by atoms with E-state index in [1.807, 2.05) is 27.7 Å². The topological polar surface area (TPSA) is 27.0 Å². The third-order valence-corrected chi connectivity index (χ3v) is 3.03. The molecule has 0 aliphatic carbocycles. The van der Waals surface area contributed by atoms with Crippen LogP contribution in [0.1, 0.15) is 54.4 Å². The maximum Gasteiger partial charge on any atom is 0.0686 e. The van der Waals surface area contributed by atoms with Crippen molar-refractivity contribution in [3.8, 4) is 6.07 Å². The van der Waals surface area contributed by atoms with Gasteiger partial charge in [0.25, 0.3) is 0 Å². The molecule has 0 unspecified atom stereocenters. The second-order valence-corrected chi connectivity index (χ2v) is 4.41. The average molecular weight is 226 g/mol. The lowest BCUT2D eigenvalue weighted by molar-refractivity contribution is 0.152. The molecule has 1 aliphatic heterocycles. The minimum Gasteiger partial charge on any atom is -0.306 e. The minimum absolute atomic E-state index is 0.124. The van der Waals surface area contributed by atoms with Gasteiger partial charge in [-0.1, -0.05) is 27.7 Å². The van der Waals surface area contributed by atoms with Gasteiger partial charge in [0, 0.05) is 0 Å². The van der Waals surface area contributed by atoms with Gasteiger partial charge in [-0.2, -0.15) is 5.26 Å². The van der Waals surface area contributed by atoms with E-state index in [0.717, 1.165) is 13.1 Å². The molecule has 1 heterocycles. The van der Waals surface area contributed by atoms with E-state index < -0.39 is 0 Å². The fourth-order valence-corrected chi connectivity index (χ4v) is 1.82. The van der Waals surface area contributed by atoms with Crippen LogP contribution >= 0.6 is 0 Å². The Labute approximate surface area is 103 Å². The fraction of sp³-hybridized carbons (Fsp3) is 0.929. The van der Waals surface area contributed by atoms with E-state index in [4.69, 9.17) is 5.26 Å². The Balaban J connectivity index is 0. The van der Waals surface area contributed by atoms with Crippen molar-refractivity contribution in [2.45, 2.75) is 54.4 Å². The standard InChI is InChI=1S/C10H18N2.2C2H6/c1-10(2,8-11)9-4-6-12(3)7-5-9;2*1-2/h9H,4-7H2,1-3H3;2*1-2H3. The predicted molar refractivity (Wildman–Crippen MR) is 72.3 cm³/mol.